The van der Waals surface area contributed by atoms with Crippen molar-refractivity contribution in [2.45, 2.75) is 33.7 Å². The summed E-state index contributed by atoms with van der Waals surface area (Å²) >= 11 is 0. The van der Waals surface area contributed by atoms with Crippen molar-refractivity contribution in [3.8, 4) is 0 Å². The molecule has 6 heteroatoms. The SMILES string of the molecule is Cc1nn(C(C)C)c(C)c1NC(=O)c1ccc(N)cn1. The molecule has 0 bridgehead atoms. The van der Waals surface area contributed by atoms with E-state index in [0.29, 0.717) is 11.4 Å². The van der Waals surface area contributed by atoms with Gasteiger partial charge in [0, 0.05) is 6.04 Å². The van der Waals surface area contributed by atoms with Gasteiger partial charge >= 0.3 is 0 Å². The second kappa shape index (κ2) is 5.32. The van der Waals surface area contributed by atoms with Gasteiger partial charge in [-0.2, -0.15) is 5.10 Å². The maximum absolute atomic E-state index is 12.2. The lowest BCUT2D eigenvalue weighted by atomic mass is 10.2. The van der Waals surface area contributed by atoms with E-state index >= 15 is 0 Å². The highest BCUT2D eigenvalue weighted by Gasteiger charge is 2.16. The highest BCUT2D eigenvalue weighted by molar-refractivity contribution is 6.03. The number of aromatic nitrogens is 3. The third-order valence-electron chi connectivity index (χ3n) is 3.07. The Balaban J connectivity index is 2.26. The molecule has 0 aliphatic carbocycles. The molecular weight excluding hydrogens is 254 g/mol. The normalized spacial score (nSPS) is 10.8. The third-order valence-corrected chi connectivity index (χ3v) is 3.07. The van der Waals surface area contributed by atoms with Crippen molar-refractivity contribution >= 4 is 17.3 Å². The second-order valence-corrected chi connectivity index (χ2v) is 5.02. The highest BCUT2D eigenvalue weighted by Crippen LogP contribution is 2.22. The summed E-state index contributed by atoms with van der Waals surface area (Å²) in [5.74, 6) is -0.264. The summed E-state index contributed by atoms with van der Waals surface area (Å²) in [4.78, 5) is 16.2. The maximum Gasteiger partial charge on any atom is 0.274 e. The van der Waals surface area contributed by atoms with Crippen LogP contribution in [0.5, 0.6) is 0 Å². The Morgan fingerprint density at radius 3 is 2.55 bits per heavy atom. The molecule has 2 heterocycles. The first-order valence-electron chi connectivity index (χ1n) is 6.48. The Morgan fingerprint density at radius 2 is 2.05 bits per heavy atom. The van der Waals surface area contributed by atoms with Gasteiger partial charge < -0.3 is 11.1 Å². The van der Waals surface area contributed by atoms with Crippen LogP contribution in [0.4, 0.5) is 11.4 Å². The second-order valence-electron chi connectivity index (χ2n) is 5.02. The molecule has 0 fully saturated rings. The zero-order chi connectivity index (χ0) is 14.9. The molecule has 0 spiro atoms. The van der Waals surface area contributed by atoms with Crippen LogP contribution >= 0.6 is 0 Å². The largest absolute Gasteiger partial charge is 0.397 e. The van der Waals surface area contributed by atoms with Crippen LogP contribution in [0.2, 0.25) is 0 Å². The average molecular weight is 273 g/mol. The number of nitrogens with one attached hydrogen (secondary N) is 1. The molecule has 2 aromatic rings. The summed E-state index contributed by atoms with van der Waals surface area (Å²) in [6.07, 6.45) is 1.46. The fourth-order valence-electron chi connectivity index (χ4n) is 2.06. The Labute approximate surface area is 118 Å². The van der Waals surface area contributed by atoms with Crippen molar-refractivity contribution in [1.29, 1.82) is 0 Å². The number of nitrogen functional groups attached to an aromatic ring is 1. The van der Waals surface area contributed by atoms with Crippen molar-refractivity contribution in [1.82, 2.24) is 14.8 Å². The quantitative estimate of drug-likeness (QED) is 0.898. The predicted molar refractivity (Wildman–Crippen MR) is 78.7 cm³/mol. The number of rotatable bonds is 3. The van der Waals surface area contributed by atoms with Gasteiger partial charge in [0.05, 0.1) is 29.0 Å². The van der Waals surface area contributed by atoms with E-state index in [1.54, 1.807) is 12.1 Å². The number of pyridine rings is 1. The molecule has 6 nitrogen and oxygen atoms in total. The fourth-order valence-corrected chi connectivity index (χ4v) is 2.06. The van der Waals surface area contributed by atoms with Gasteiger partial charge in [-0.1, -0.05) is 0 Å². The lowest BCUT2D eigenvalue weighted by Crippen LogP contribution is -2.15. The number of nitrogens with zero attached hydrogens (tertiary/aromatic N) is 3. The molecule has 0 unspecified atom stereocenters. The van der Waals surface area contributed by atoms with E-state index in [9.17, 15) is 4.79 Å². The number of hydrogen-bond acceptors (Lipinski definition) is 4. The van der Waals surface area contributed by atoms with Gasteiger partial charge in [-0.15, -0.1) is 0 Å². The molecular formula is C14H19N5O. The first-order chi connectivity index (χ1) is 9.40. The van der Waals surface area contributed by atoms with Crippen LogP contribution in [0.1, 0.15) is 41.8 Å². The first kappa shape index (κ1) is 14.0. The van der Waals surface area contributed by atoms with Gasteiger partial charge in [-0.05, 0) is 39.8 Å². The van der Waals surface area contributed by atoms with Gasteiger partial charge in [-0.25, -0.2) is 4.98 Å². The zero-order valence-corrected chi connectivity index (χ0v) is 12.1. The van der Waals surface area contributed by atoms with E-state index in [1.807, 2.05) is 32.4 Å². The average Bonchev–Trinajstić information content (AvgIpc) is 2.67. The van der Waals surface area contributed by atoms with E-state index in [4.69, 9.17) is 5.73 Å². The van der Waals surface area contributed by atoms with Crippen LogP contribution in [-0.4, -0.2) is 20.7 Å². The lowest BCUT2D eigenvalue weighted by Gasteiger charge is -2.09. The molecule has 20 heavy (non-hydrogen) atoms. The minimum Gasteiger partial charge on any atom is -0.397 e. The summed E-state index contributed by atoms with van der Waals surface area (Å²) in [6.45, 7) is 7.91. The first-order valence-corrected chi connectivity index (χ1v) is 6.48. The van der Waals surface area contributed by atoms with Gasteiger partial charge in [-0.3, -0.25) is 9.48 Å². The molecule has 0 saturated carbocycles. The number of amides is 1. The standard InChI is InChI=1S/C14H19N5O/c1-8(2)19-10(4)13(9(3)18-19)17-14(20)12-6-5-11(15)7-16-12/h5-8H,15H2,1-4H3,(H,17,20). The van der Waals surface area contributed by atoms with Crippen molar-refractivity contribution < 1.29 is 4.79 Å². The molecule has 0 aromatic carbocycles. The van der Waals surface area contributed by atoms with Crippen molar-refractivity contribution in [3.63, 3.8) is 0 Å². The summed E-state index contributed by atoms with van der Waals surface area (Å²) in [6, 6.07) is 3.50. The van der Waals surface area contributed by atoms with Crippen LogP contribution in [0.15, 0.2) is 18.3 Å². The number of carbonyl (C=O) groups is 1. The number of nitrogens with two attached hydrogens (primary N) is 1. The number of anilines is 2. The van der Waals surface area contributed by atoms with Gasteiger partial charge in [0.2, 0.25) is 0 Å². The molecule has 2 aromatic heterocycles. The smallest absolute Gasteiger partial charge is 0.274 e. The Kier molecular flexibility index (Phi) is 3.74. The predicted octanol–water partition coefficient (Wildman–Crippen LogP) is 2.31. The van der Waals surface area contributed by atoms with Crippen LogP contribution in [0.25, 0.3) is 0 Å². The number of aryl methyl sites for hydroxylation is 1. The van der Waals surface area contributed by atoms with Crippen molar-refractivity contribution in [3.05, 3.63) is 35.4 Å². The molecule has 0 aliphatic rings. The third kappa shape index (κ3) is 2.64. The van der Waals surface area contributed by atoms with Gasteiger partial charge in [0.25, 0.3) is 5.91 Å². The Morgan fingerprint density at radius 1 is 1.35 bits per heavy atom. The van der Waals surface area contributed by atoms with Crippen molar-refractivity contribution in [2.75, 3.05) is 11.1 Å². The Hall–Kier alpha value is -2.37. The van der Waals surface area contributed by atoms with Crippen LogP contribution in [0, 0.1) is 13.8 Å². The molecule has 2 rings (SSSR count). The molecule has 106 valence electrons. The zero-order valence-electron chi connectivity index (χ0n) is 12.1. The van der Waals surface area contributed by atoms with Crippen LogP contribution in [-0.2, 0) is 0 Å². The molecule has 0 saturated heterocycles. The monoisotopic (exact) mass is 273 g/mol. The highest BCUT2D eigenvalue weighted by atomic mass is 16.1. The van der Waals surface area contributed by atoms with Crippen LogP contribution < -0.4 is 11.1 Å². The molecule has 0 atom stereocenters. The summed E-state index contributed by atoms with van der Waals surface area (Å²) in [5, 5.41) is 7.30. The summed E-state index contributed by atoms with van der Waals surface area (Å²) < 4.78 is 1.89. The van der Waals surface area contributed by atoms with E-state index in [-0.39, 0.29) is 11.9 Å². The van der Waals surface area contributed by atoms with E-state index < -0.39 is 0 Å². The maximum atomic E-state index is 12.2. The fraction of sp³-hybridized carbons (Fsp3) is 0.357. The van der Waals surface area contributed by atoms with E-state index in [0.717, 1.165) is 17.1 Å². The topological polar surface area (TPSA) is 85.8 Å². The van der Waals surface area contributed by atoms with Gasteiger partial charge in [0.15, 0.2) is 0 Å². The molecule has 0 aliphatic heterocycles. The summed E-state index contributed by atoms with van der Waals surface area (Å²) in [5.41, 5.74) is 8.88. The van der Waals surface area contributed by atoms with Crippen LogP contribution in [0.3, 0.4) is 0 Å². The minimum atomic E-state index is -0.264. The Bertz CT molecular complexity index is 628. The molecule has 0 radical (unpaired) electrons. The minimum absolute atomic E-state index is 0.244. The molecule has 1 amide bonds. The van der Waals surface area contributed by atoms with Crippen molar-refractivity contribution in [2.24, 2.45) is 0 Å². The lowest BCUT2D eigenvalue weighted by molar-refractivity contribution is 0.102. The van der Waals surface area contributed by atoms with E-state index in [2.05, 4.69) is 15.4 Å². The number of hydrogen-bond donors (Lipinski definition) is 2. The van der Waals surface area contributed by atoms with E-state index in [1.165, 1.54) is 6.20 Å². The number of carbonyl (C=O) groups excluding carboxylic acids is 1. The molecule has 3 N–H and O–H groups in total. The summed E-state index contributed by atoms with van der Waals surface area (Å²) in [7, 11) is 0. The van der Waals surface area contributed by atoms with Gasteiger partial charge in [0.1, 0.15) is 5.69 Å².